The van der Waals surface area contributed by atoms with Gasteiger partial charge in [0.25, 0.3) is 16.0 Å². The summed E-state index contributed by atoms with van der Waals surface area (Å²) in [5, 5.41) is 18.8. The van der Waals surface area contributed by atoms with Crippen LogP contribution in [0.5, 0.6) is 11.8 Å². The SMILES string of the molecule is CCCCCC(=O)On1c(O)cc(S(=O)(=O)O)c1O. The molecule has 0 fully saturated rings. The standard InChI is InChI=1S/C10H15NO7S/c1-2-3-4-5-9(13)18-11-8(12)6-7(10(11)14)19(15,16)17/h6,12,14H,2-5H2,1H3,(H,15,16,17). The number of hydrogen-bond acceptors (Lipinski definition) is 6. The van der Waals surface area contributed by atoms with Gasteiger partial charge in [0.1, 0.15) is 0 Å². The Morgan fingerprint density at radius 1 is 1.37 bits per heavy atom. The molecule has 0 bridgehead atoms. The number of unbranched alkanes of at least 4 members (excludes halogenated alkanes) is 2. The number of carbonyl (C=O) groups excluding carboxylic acids is 1. The monoisotopic (exact) mass is 293 g/mol. The van der Waals surface area contributed by atoms with Gasteiger partial charge >= 0.3 is 5.97 Å². The Kier molecular flexibility index (Phi) is 4.78. The molecule has 0 aliphatic rings. The maximum absolute atomic E-state index is 11.4. The summed E-state index contributed by atoms with van der Waals surface area (Å²) in [6, 6.07) is 0.573. The highest BCUT2D eigenvalue weighted by Gasteiger charge is 2.25. The topological polar surface area (TPSA) is 126 Å². The highest BCUT2D eigenvalue weighted by molar-refractivity contribution is 7.86. The maximum atomic E-state index is 11.4. The van der Waals surface area contributed by atoms with Crippen molar-refractivity contribution in [1.82, 2.24) is 4.73 Å². The number of nitrogens with zero attached hydrogens (tertiary/aromatic N) is 1. The average Bonchev–Trinajstić information content (AvgIpc) is 2.57. The van der Waals surface area contributed by atoms with Gasteiger partial charge in [-0.05, 0) is 6.42 Å². The molecule has 9 heteroatoms. The highest BCUT2D eigenvalue weighted by atomic mass is 32.2. The lowest BCUT2D eigenvalue weighted by Gasteiger charge is -2.06. The van der Waals surface area contributed by atoms with Crippen LogP contribution in [0.25, 0.3) is 0 Å². The van der Waals surface area contributed by atoms with Gasteiger partial charge in [0.2, 0.25) is 5.88 Å². The second-order valence-electron chi connectivity index (χ2n) is 3.88. The minimum Gasteiger partial charge on any atom is -0.492 e. The van der Waals surface area contributed by atoms with Crippen LogP contribution >= 0.6 is 0 Å². The van der Waals surface area contributed by atoms with Crippen LogP contribution < -0.4 is 4.84 Å². The Labute approximate surface area is 109 Å². The first-order valence-electron chi connectivity index (χ1n) is 5.59. The minimum absolute atomic E-state index is 0.0616. The zero-order valence-corrected chi connectivity index (χ0v) is 11.1. The largest absolute Gasteiger partial charge is 0.492 e. The summed E-state index contributed by atoms with van der Waals surface area (Å²) >= 11 is 0. The highest BCUT2D eigenvalue weighted by Crippen LogP contribution is 2.29. The second-order valence-corrected chi connectivity index (χ2v) is 5.27. The zero-order valence-electron chi connectivity index (χ0n) is 10.2. The predicted molar refractivity (Wildman–Crippen MR) is 63.3 cm³/mol. The van der Waals surface area contributed by atoms with Crippen LogP contribution in [0, 0.1) is 0 Å². The fourth-order valence-electron chi connectivity index (χ4n) is 1.40. The molecular weight excluding hydrogens is 278 g/mol. The van der Waals surface area contributed by atoms with E-state index in [1.807, 2.05) is 6.92 Å². The molecule has 1 rings (SSSR count). The molecule has 0 saturated heterocycles. The molecule has 0 saturated carbocycles. The molecule has 0 aromatic carbocycles. The first kappa shape index (κ1) is 15.3. The lowest BCUT2D eigenvalue weighted by molar-refractivity contribution is -0.145. The van der Waals surface area contributed by atoms with Crippen molar-refractivity contribution in [3.8, 4) is 11.8 Å². The van der Waals surface area contributed by atoms with E-state index in [1.165, 1.54) is 0 Å². The lowest BCUT2D eigenvalue weighted by Crippen LogP contribution is -2.18. The van der Waals surface area contributed by atoms with Crippen molar-refractivity contribution >= 4 is 16.1 Å². The van der Waals surface area contributed by atoms with Gasteiger partial charge in [0.15, 0.2) is 4.90 Å². The summed E-state index contributed by atoms with van der Waals surface area (Å²) in [6.45, 7) is 1.95. The summed E-state index contributed by atoms with van der Waals surface area (Å²) in [4.78, 5) is 15.0. The molecule has 108 valence electrons. The third kappa shape index (κ3) is 3.86. The van der Waals surface area contributed by atoms with Crippen LogP contribution in [0.1, 0.15) is 32.6 Å². The molecular formula is C10H15NO7S. The van der Waals surface area contributed by atoms with Gasteiger partial charge in [0, 0.05) is 12.5 Å². The van der Waals surface area contributed by atoms with Crippen molar-refractivity contribution < 1.29 is 32.8 Å². The smallest absolute Gasteiger partial charge is 0.333 e. The number of aromatic nitrogens is 1. The molecule has 0 aliphatic carbocycles. The van der Waals surface area contributed by atoms with Gasteiger partial charge in [-0.15, -0.1) is 4.73 Å². The number of rotatable bonds is 6. The van der Waals surface area contributed by atoms with E-state index in [2.05, 4.69) is 4.84 Å². The maximum Gasteiger partial charge on any atom is 0.333 e. The Balaban J connectivity index is 2.85. The fourth-order valence-corrected chi connectivity index (χ4v) is 1.96. The van der Waals surface area contributed by atoms with E-state index in [1.54, 1.807) is 0 Å². The minimum atomic E-state index is -4.71. The Morgan fingerprint density at radius 3 is 2.47 bits per heavy atom. The normalized spacial score (nSPS) is 11.5. The molecule has 19 heavy (non-hydrogen) atoms. The molecule has 1 aromatic heterocycles. The number of aromatic hydroxyl groups is 2. The quantitative estimate of drug-likeness (QED) is 0.520. The molecule has 1 heterocycles. The average molecular weight is 293 g/mol. The second kappa shape index (κ2) is 5.93. The Hall–Kier alpha value is -1.74. The molecule has 0 radical (unpaired) electrons. The first-order valence-corrected chi connectivity index (χ1v) is 7.03. The van der Waals surface area contributed by atoms with Crippen molar-refractivity contribution in [1.29, 1.82) is 0 Å². The fraction of sp³-hybridized carbons (Fsp3) is 0.500. The van der Waals surface area contributed by atoms with Gasteiger partial charge in [0.05, 0.1) is 0 Å². The van der Waals surface area contributed by atoms with E-state index in [0.29, 0.717) is 12.5 Å². The first-order chi connectivity index (χ1) is 8.77. The Bertz CT molecular complexity index is 561. The summed E-state index contributed by atoms with van der Waals surface area (Å²) in [5.74, 6) is -2.62. The van der Waals surface area contributed by atoms with E-state index in [4.69, 9.17) is 4.55 Å². The van der Waals surface area contributed by atoms with Gasteiger partial charge in [-0.1, -0.05) is 19.8 Å². The van der Waals surface area contributed by atoms with Gasteiger partial charge < -0.3 is 15.1 Å². The van der Waals surface area contributed by atoms with Crippen molar-refractivity contribution in [2.75, 3.05) is 0 Å². The molecule has 0 spiro atoms. The van der Waals surface area contributed by atoms with Crippen molar-refractivity contribution in [3.05, 3.63) is 6.07 Å². The van der Waals surface area contributed by atoms with Crippen LogP contribution in [-0.4, -0.2) is 33.9 Å². The van der Waals surface area contributed by atoms with Crippen molar-refractivity contribution in [2.24, 2.45) is 0 Å². The van der Waals surface area contributed by atoms with Crippen LogP contribution in [0.15, 0.2) is 11.0 Å². The van der Waals surface area contributed by atoms with E-state index < -0.39 is 32.7 Å². The van der Waals surface area contributed by atoms with Gasteiger partial charge in [-0.2, -0.15) is 8.42 Å². The number of hydrogen-bond donors (Lipinski definition) is 3. The molecule has 3 N–H and O–H groups in total. The van der Waals surface area contributed by atoms with Crippen LogP contribution in [0.4, 0.5) is 0 Å². The van der Waals surface area contributed by atoms with Crippen molar-refractivity contribution in [3.63, 3.8) is 0 Å². The molecule has 0 unspecified atom stereocenters. The predicted octanol–water partition coefficient (Wildman–Crippen LogP) is 0.681. The van der Waals surface area contributed by atoms with E-state index in [9.17, 15) is 23.4 Å². The van der Waals surface area contributed by atoms with E-state index in [-0.39, 0.29) is 11.2 Å². The Morgan fingerprint density at radius 2 is 2.00 bits per heavy atom. The van der Waals surface area contributed by atoms with E-state index >= 15 is 0 Å². The van der Waals surface area contributed by atoms with Gasteiger partial charge in [-0.25, -0.2) is 4.79 Å². The summed E-state index contributed by atoms with van der Waals surface area (Å²) in [5.41, 5.74) is 0. The molecule has 0 aliphatic heterocycles. The van der Waals surface area contributed by atoms with Gasteiger partial charge in [-0.3, -0.25) is 4.55 Å². The zero-order chi connectivity index (χ0) is 14.6. The summed E-state index contributed by atoms with van der Waals surface area (Å²) in [6.07, 6.45) is 2.35. The molecule has 0 amide bonds. The lowest BCUT2D eigenvalue weighted by atomic mass is 10.2. The molecule has 0 atom stereocenters. The third-order valence-electron chi connectivity index (χ3n) is 2.34. The summed E-state index contributed by atoms with van der Waals surface area (Å²) < 4.78 is 30.7. The number of carbonyl (C=O) groups is 1. The van der Waals surface area contributed by atoms with Crippen LogP contribution in [-0.2, 0) is 14.9 Å². The van der Waals surface area contributed by atoms with Crippen LogP contribution in [0.2, 0.25) is 0 Å². The molecule has 1 aromatic rings. The van der Waals surface area contributed by atoms with E-state index in [0.717, 1.165) is 12.8 Å². The molecule has 8 nitrogen and oxygen atoms in total. The summed E-state index contributed by atoms with van der Waals surface area (Å²) in [7, 11) is -4.71. The van der Waals surface area contributed by atoms with Crippen LogP contribution in [0.3, 0.4) is 0 Å². The third-order valence-corrected chi connectivity index (χ3v) is 3.19. The van der Waals surface area contributed by atoms with Crippen molar-refractivity contribution in [2.45, 2.75) is 37.5 Å².